The summed E-state index contributed by atoms with van der Waals surface area (Å²) in [6.07, 6.45) is 2.54. The van der Waals surface area contributed by atoms with Gasteiger partial charge in [-0.15, -0.1) is 0 Å². The van der Waals surface area contributed by atoms with Crippen LogP contribution < -0.4 is 14.9 Å². The van der Waals surface area contributed by atoms with Crippen molar-refractivity contribution in [2.45, 2.75) is 13.3 Å². The number of benzene rings is 4. The molecular formula is C26H24N2O3. The summed E-state index contributed by atoms with van der Waals surface area (Å²) in [6, 6.07) is 25.6. The molecule has 5 heteroatoms. The summed E-state index contributed by atoms with van der Waals surface area (Å²) in [7, 11) is 0. The van der Waals surface area contributed by atoms with Crippen molar-refractivity contribution >= 4 is 33.7 Å². The van der Waals surface area contributed by atoms with Crippen molar-refractivity contribution in [1.82, 2.24) is 5.43 Å². The van der Waals surface area contributed by atoms with E-state index in [1.54, 1.807) is 6.21 Å². The van der Waals surface area contributed by atoms with Crippen LogP contribution in [0, 0.1) is 0 Å². The first-order valence-electron chi connectivity index (χ1n) is 10.3. The van der Waals surface area contributed by atoms with E-state index < -0.39 is 0 Å². The molecule has 0 bridgehead atoms. The molecule has 1 N–H and O–H groups in total. The Balaban J connectivity index is 1.45. The van der Waals surface area contributed by atoms with Gasteiger partial charge >= 0.3 is 0 Å². The Morgan fingerprint density at radius 2 is 1.55 bits per heavy atom. The minimum atomic E-state index is -0.333. The molecule has 0 aliphatic heterocycles. The highest BCUT2D eigenvalue weighted by atomic mass is 16.5. The van der Waals surface area contributed by atoms with Crippen molar-refractivity contribution in [3.63, 3.8) is 0 Å². The molecule has 0 radical (unpaired) electrons. The third-order valence-corrected chi connectivity index (χ3v) is 4.88. The van der Waals surface area contributed by atoms with E-state index in [1.165, 1.54) is 0 Å². The zero-order valence-electron chi connectivity index (χ0n) is 17.4. The monoisotopic (exact) mass is 412 g/mol. The molecule has 5 nitrogen and oxygen atoms in total. The predicted molar refractivity (Wildman–Crippen MR) is 125 cm³/mol. The van der Waals surface area contributed by atoms with Crippen LogP contribution >= 0.6 is 0 Å². The first-order chi connectivity index (χ1) is 15.3. The highest BCUT2D eigenvalue weighted by Crippen LogP contribution is 2.27. The van der Waals surface area contributed by atoms with E-state index in [0.29, 0.717) is 12.4 Å². The molecule has 156 valence electrons. The summed E-state index contributed by atoms with van der Waals surface area (Å²) in [5, 5.41) is 8.28. The number of nitrogens with one attached hydrogen (secondary N) is 1. The maximum absolute atomic E-state index is 12.3. The molecule has 0 aliphatic rings. The largest absolute Gasteiger partial charge is 0.493 e. The minimum absolute atomic E-state index is 0.125. The molecule has 0 atom stereocenters. The van der Waals surface area contributed by atoms with Gasteiger partial charge in [-0.3, -0.25) is 4.79 Å². The number of hydrazone groups is 1. The van der Waals surface area contributed by atoms with E-state index in [4.69, 9.17) is 9.47 Å². The number of nitrogens with zero attached hydrogens (tertiary/aromatic N) is 1. The number of ether oxygens (including phenoxy) is 2. The van der Waals surface area contributed by atoms with Crippen LogP contribution in [0.15, 0.2) is 84.0 Å². The van der Waals surface area contributed by atoms with Crippen LogP contribution in [-0.4, -0.2) is 25.3 Å². The predicted octanol–water partition coefficient (Wildman–Crippen LogP) is 5.31. The van der Waals surface area contributed by atoms with Crippen molar-refractivity contribution in [3.05, 3.63) is 84.4 Å². The van der Waals surface area contributed by atoms with Gasteiger partial charge in [-0.05, 0) is 34.7 Å². The summed E-state index contributed by atoms with van der Waals surface area (Å²) in [4.78, 5) is 12.3. The zero-order valence-corrected chi connectivity index (χ0v) is 17.4. The molecule has 0 heterocycles. The van der Waals surface area contributed by atoms with Crippen molar-refractivity contribution in [2.24, 2.45) is 5.10 Å². The average molecular weight is 412 g/mol. The number of fused-ring (bicyclic) bond motifs is 2. The van der Waals surface area contributed by atoms with E-state index in [-0.39, 0.29) is 12.5 Å². The van der Waals surface area contributed by atoms with E-state index in [0.717, 1.165) is 39.3 Å². The van der Waals surface area contributed by atoms with Crippen molar-refractivity contribution < 1.29 is 14.3 Å². The fourth-order valence-electron chi connectivity index (χ4n) is 3.41. The van der Waals surface area contributed by atoms with E-state index in [2.05, 4.69) is 17.5 Å². The lowest BCUT2D eigenvalue weighted by Crippen LogP contribution is -2.24. The number of amides is 1. The van der Waals surface area contributed by atoms with Crippen molar-refractivity contribution in [3.8, 4) is 11.5 Å². The number of carbonyl (C=O) groups excluding carboxylic acids is 1. The Kier molecular flexibility index (Phi) is 6.43. The lowest BCUT2D eigenvalue weighted by atomic mass is 10.0. The number of rotatable bonds is 8. The third-order valence-electron chi connectivity index (χ3n) is 4.88. The van der Waals surface area contributed by atoms with E-state index >= 15 is 0 Å². The maximum atomic E-state index is 12.3. The van der Waals surface area contributed by atoms with Crippen LogP contribution in [0.3, 0.4) is 0 Å². The van der Waals surface area contributed by atoms with Gasteiger partial charge in [0.25, 0.3) is 5.91 Å². The molecule has 4 aromatic carbocycles. The first kappa shape index (κ1) is 20.4. The highest BCUT2D eigenvalue weighted by molar-refractivity contribution is 6.02. The Morgan fingerprint density at radius 3 is 2.35 bits per heavy atom. The average Bonchev–Trinajstić information content (AvgIpc) is 2.82. The van der Waals surface area contributed by atoms with Crippen LogP contribution in [-0.2, 0) is 4.79 Å². The zero-order chi connectivity index (χ0) is 21.5. The fourth-order valence-corrected chi connectivity index (χ4v) is 3.41. The summed E-state index contributed by atoms with van der Waals surface area (Å²) in [6.45, 7) is 2.55. The summed E-state index contributed by atoms with van der Waals surface area (Å²) in [5.41, 5.74) is 3.38. The Bertz CT molecular complexity index is 1230. The second kappa shape index (κ2) is 9.76. The molecule has 31 heavy (non-hydrogen) atoms. The lowest BCUT2D eigenvalue weighted by molar-refractivity contribution is -0.123. The lowest BCUT2D eigenvalue weighted by Gasteiger charge is -2.11. The topological polar surface area (TPSA) is 59.9 Å². The molecule has 0 saturated heterocycles. The molecule has 0 aliphatic carbocycles. The summed E-state index contributed by atoms with van der Waals surface area (Å²) < 4.78 is 11.6. The molecule has 4 rings (SSSR count). The van der Waals surface area contributed by atoms with Gasteiger partial charge in [-0.1, -0.05) is 73.7 Å². The van der Waals surface area contributed by atoms with Crippen molar-refractivity contribution in [2.75, 3.05) is 13.2 Å². The molecule has 1 amide bonds. The van der Waals surface area contributed by atoms with Gasteiger partial charge in [-0.2, -0.15) is 5.10 Å². The summed E-state index contributed by atoms with van der Waals surface area (Å²) in [5.74, 6) is 1.08. The Morgan fingerprint density at radius 1 is 0.839 bits per heavy atom. The van der Waals surface area contributed by atoms with Crippen LogP contribution in [0.25, 0.3) is 21.5 Å². The van der Waals surface area contributed by atoms with Crippen LogP contribution in [0.4, 0.5) is 0 Å². The second-order valence-electron chi connectivity index (χ2n) is 7.11. The first-order valence-corrected chi connectivity index (χ1v) is 10.3. The quantitative estimate of drug-likeness (QED) is 0.315. The van der Waals surface area contributed by atoms with Gasteiger partial charge in [0.05, 0.1) is 12.8 Å². The van der Waals surface area contributed by atoms with E-state index in [9.17, 15) is 4.79 Å². The molecular weight excluding hydrogens is 388 g/mol. The third kappa shape index (κ3) is 4.83. The Hall–Kier alpha value is -3.86. The second-order valence-corrected chi connectivity index (χ2v) is 7.11. The van der Waals surface area contributed by atoms with Crippen LogP contribution in [0.5, 0.6) is 11.5 Å². The summed E-state index contributed by atoms with van der Waals surface area (Å²) >= 11 is 0. The molecule has 0 fully saturated rings. The standard InChI is InChI=1S/C26H24N2O3/c1-2-16-30-25-15-14-20-9-3-5-11-21(20)23(25)17-27-28-26(29)18-31-24-13-7-10-19-8-4-6-12-22(19)24/h3-15,17H,2,16,18H2,1H3,(H,28,29)/b27-17+. The number of hydrogen-bond acceptors (Lipinski definition) is 4. The molecule has 0 aromatic heterocycles. The van der Waals surface area contributed by atoms with E-state index in [1.807, 2.05) is 78.9 Å². The van der Waals surface area contributed by atoms with Gasteiger partial charge in [0.15, 0.2) is 6.61 Å². The van der Waals surface area contributed by atoms with Gasteiger partial charge in [0.2, 0.25) is 0 Å². The SMILES string of the molecule is CCCOc1ccc2ccccc2c1/C=N/NC(=O)COc1cccc2ccccc12. The van der Waals surface area contributed by atoms with Gasteiger partial charge in [0, 0.05) is 10.9 Å². The number of hydrogen-bond donors (Lipinski definition) is 1. The smallest absolute Gasteiger partial charge is 0.277 e. The van der Waals surface area contributed by atoms with Crippen LogP contribution in [0.2, 0.25) is 0 Å². The Labute approximate surface area is 181 Å². The highest BCUT2D eigenvalue weighted by Gasteiger charge is 2.08. The van der Waals surface area contributed by atoms with Gasteiger partial charge < -0.3 is 9.47 Å². The molecule has 0 unspecified atom stereocenters. The molecule has 0 saturated carbocycles. The normalized spacial score (nSPS) is 11.1. The van der Waals surface area contributed by atoms with Gasteiger partial charge in [-0.25, -0.2) is 5.43 Å². The van der Waals surface area contributed by atoms with Crippen LogP contribution in [0.1, 0.15) is 18.9 Å². The number of carbonyl (C=O) groups is 1. The van der Waals surface area contributed by atoms with Gasteiger partial charge in [0.1, 0.15) is 11.5 Å². The van der Waals surface area contributed by atoms with Crippen molar-refractivity contribution in [1.29, 1.82) is 0 Å². The molecule has 0 spiro atoms. The fraction of sp³-hybridized carbons (Fsp3) is 0.154. The maximum Gasteiger partial charge on any atom is 0.277 e. The molecule has 4 aromatic rings. The minimum Gasteiger partial charge on any atom is -0.493 e.